The molecule has 3 heterocycles. The normalized spacial score (nSPS) is 21.5. The van der Waals surface area contributed by atoms with Gasteiger partial charge in [0.25, 0.3) is 5.91 Å². The van der Waals surface area contributed by atoms with Crippen molar-refractivity contribution in [3.05, 3.63) is 83.7 Å². The monoisotopic (exact) mass is 526 g/mol. The van der Waals surface area contributed by atoms with Crippen molar-refractivity contribution in [3.63, 3.8) is 0 Å². The first-order valence-corrected chi connectivity index (χ1v) is 14.0. The zero-order valence-electron chi connectivity index (χ0n) is 22.4. The minimum absolute atomic E-state index is 0.188. The van der Waals surface area contributed by atoms with Gasteiger partial charge < -0.3 is 15.3 Å². The van der Waals surface area contributed by atoms with E-state index in [2.05, 4.69) is 58.5 Å². The third-order valence-corrected chi connectivity index (χ3v) is 8.27. The molecule has 1 amide bonds. The maximum absolute atomic E-state index is 14.6. The molecule has 0 aliphatic carbocycles. The number of carbonyl (C=O) groups is 1. The zero-order chi connectivity index (χ0) is 27.1. The first kappa shape index (κ1) is 25.6. The van der Waals surface area contributed by atoms with Crippen LogP contribution < -0.4 is 10.2 Å². The minimum Gasteiger partial charge on any atom is -0.393 e. The van der Waals surface area contributed by atoms with E-state index in [1.165, 1.54) is 11.8 Å². The van der Waals surface area contributed by atoms with Gasteiger partial charge in [-0.1, -0.05) is 44.2 Å². The Labute approximate surface area is 228 Å². The van der Waals surface area contributed by atoms with E-state index in [-0.39, 0.29) is 23.7 Å². The molecule has 2 aliphatic rings. The molecule has 0 saturated carbocycles. The highest BCUT2D eigenvalue weighted by molar-refractivity contribution is 6.01. The van der Waals surface area contributed by atoms with E-state index >= 15 is 0 Å². The van der Waals surface area contributed by atoms with Crippen molar-refractivity contribution in [2.45, 2.75) is 70.2 Å². The number of nitrogens with zero attached hydrogens (tertiary/aromatic N) is 2. The number of aliphatic hydroxyl groups is 1. The van der Waals surface area contributed by atoms with Crippen LogP contribution >= 0.6 is 0 Å². The minimum atomic E-state index is -0.419. The average Bonchev–Trinajstić information content (AvgIpc) is 3.46. The molecule has 6 nitrogen and oxygen atoms in total. The van der Waals surface area contributed by atoms with Crippen LogP contribution in [0.2, 0.25) is 0 Å². The number of aliphatic hydroxyl groups excluding tert-OH is 1. The predicted molar refractivity (Wildman–Crippen MR) is 152 cm³/mol. The summed E-state index contributed by atoms with van der Waals surface area (Å²) in [4.78, 5) is 15.8. The number of aromatic amines is 1. The van der Waals surface area contributed by atoms with Crippen LogP contribution in [0.4, 0.5) is 10.1 Å². The molecular formula is C32H35FN4O2. The van der Waals surface area contributed by atoms with E-state index < -0.39 is 6.04 Å². The number of nitrogens with one attached hydrogen (secondary N) is 2. The number of benzene rings is 3. The summed E-state index contributed by atoms with van der Waals surface area (Å²) in [6, 6.07) is 21.0. The molecule has 4 atom stereocenters. The van der Waals surface area contributed by atoms with Gasteiger partial charge in [0.2, 0.25) is 0 Å². The van der Waals surface area contributed by atoms with Crippen molar-refractivity contribution in [2.75, 3.05) is 4.90 Å². The Bertz CT molecular complexity index is 1470. The maximum atomic E-state index is 14.6. The van der Waals surface area contributed by atoms with Crippen molar-refractivity contribution in [2.24, 2.45) is 5.92 Å². The molecular weight excluding hydrogens is 491 g/mol. The number of hydrogen-bond donors (Lipinski definition) is 3. The third kappa shape index (κ3) is 5.03. The van der Waals surface area contributed by atoms with E-state index in [1.807, 2.05) is 12.1 Å². The Hall–Kier alpha value is -3.71. The molecule has 1 aromatic heterocycles. The number of H-pyrrole nitrogens is 1. The van der Waals surface area contributed by atoms with Gasteiger partial charge >= 0.3 is 0 Å². The molecule has 2 bridgehead atoms. The molecule has 0 spiro atoms. The number of halogens is 1. The van der Waals surface area contributed by atoms with Crippen molar-refractivity contribution in [3.8, 4) is 11.3 Å². The van der Waals surface area contributed by atoms with Crippen molar-refractivity contribution < 1.29 is 14.3 Å². The van der Waals surface area contributed by atoms with E-state index in [4.69, 9.17) is 0 Å². The smallest absolute Gasteiger partial charge is 0.251 e. The number of rotatable bonds is 7. The molecule has 3 N–H and O–H groups in total. The Balaban J connectivity index is 1.25. The third-order valence-electron chi connectivity index (χ3n) is 8.27. The highest BCUT2D eigenvalue weighted by Gasteiger charge is 2.40. The molecule has 4 aromatic rings. The van der Waals surface area contributed by atoms with Crippen LogP contribution in [0.25, 0.3) is 22.2 Å². The summed E-state index contributed by atoms with van der Waals surface area (Å²) in [5, 5.41) is 21.7. The summed E-state index contributed by atoms with van der Waals surface area (Å²) < 4.78 is 14.6. The second-order valence-electron chi connectivity index (χ2n) is 11.5. The summed E-state index contributed by atoms with van der Waals surface area (Å²) in [7, 11) is 0. The number of hydrogen-bond acceptors (Lipinski definition) is 4. The summed E-state index contributed by atoms with van der Waals surface area (Å²) >= 11 is 0. The zero-order valence-corrected chi connectivity index (χ0v) is 22.4. The van der Waals surface area contributed by atoms with Gasteiger partial charge in [-0.3, -0.25) is 9.89 Å². The van der Waals surface area contributed by atoms with Gasteiger partial charge in [-0.2, -0.15) is 5.10 Å². The van der Waals surface area contributed by atoms with Crippen molar-refractivity contribution in [1.82, 2.24) is 15.5 Å². The number of fused-ring (bicyclic) bond motifs is 3. The maximum Gasteiger partial charge on any atom is 0.251 e. The van der Waals surface area contributed by atoms with Crippen LogP contribution in [0.15, 0.2) is 66.7 Å². The topological polar surface area (TPSA) is 81.2 Å². The lowest BCUT2D eigenvalue weighted by Crippen LogP contribution is -2.44. The molecule has 39 heavy (non-hydrogen) atoms. The SMILES string of the molecule is CC(C)C[C@H](NC(=O)c1ccc2[nH]nc(-c3ccc(N4[C@@H]5CC[C@H]4C[C@H](O)C5)cc3)c2c1)c1ccccc1F. The molecule has 7 heteroatoms. The molecule has 202 valence electrons. The first-order valence-electron chi connectivity index (χ1n) is 14.0. The lowest BCUT2D eigenvalue weighted by Gasteiger charge is -2.39. The van der Waals surface area contributed by atoms with Crippen molar-refractivity contribution in [1.29, 1.82) is 0 Å². The number of piperidine rings is 1. The second-order valence-corrected chi connectivity index (χ2v) is 11.5. The van der Waals surface area contributed by atoms with Gasteiger partial charge in [-0.15, -0.1) is 0 Å². The summed E-state index contributed by atoms with van der Waals surface area (Å²) in [5.41, 5.74) is 4.80. The van der Waals surface area contributed by atoms with Crippen LogP contribution in [0.3, 0.4) is 0 Å². The number of aromatic nitrogens is 2. The molecule has 2 fully saturated rings. The first-order chi connectivity index (χ1) is 18.9. The van der Waals surface area contributed by atoms with E-state index in [9.17, 15) is 14.3 Å². The Kier molecular flexibility index (Phi) is 6.85. The molecule has 0 unspecified atom stereocenters. The Morgan fingerprint density at radius 2 is 1.79 bits per heavy atom. The number of amides is 1. The van der Waals surface area contributed by atoms with Crippen LogP contribution in [-0.2, 0) is 0 Å². The highest BCUT2D eigenvalue weighted by atomic mass is 19.1. The van der Waals surface area contributed by atoms with Gasteiger partial charge in [-0.25, -0.2) is 4.39 Å². The van der Waals surface area contributed by atoms with Gasteiger partial charge in [0.1, 0.15) is 5.82 Å². The van der Waals surface area contributed by atoms with Gasteiger partial charge in [0, 0.05) is 39.8 Å². The second kappa shape index (κ2) is 10.5. The molecule has 2 saturated heterocycles. The fraction of sp³-hybridized carbons (Fsp3) is 0.375. The lowest BCUT2D eigenvalue weighted by atomic mass is 9.96. The predicted octanol–water partition coefficient (Wildman–Crippen LogP) is 6.38. The standard InChI is InChI=1S/C32H35FN4O2/c1-19(2)15-30(26-5-3-4-6-28(26)33)34-32(39)21-9-14-29-27(16-21)31(36-35-29)20-7-10-22(11-8-20)37-23-12-13-24(37)18-25(38)17-23/h3-11,14,16,19,23-25,30,38H,12-13,15,17-18H2,1-2H3,(H,34,39)(H,35,36)/t23-,24+,25-,30-/m0/s1. The van der Waals surface area contributed by atoms with Crippen LogP contribution in [0.5, 0.6) is 0 Å². The fourth-order valence-electron chi connectivity index (χ4n) is 6.47. The number of carbonyl (C=O) groups excluding carboxylic acids is 1. The Morgan fingerprint density at radius 1 is 1.08 bits per heavy atom. The Morgan fingerprint density at radius 3 is 2.49 bits per heavy atom. The number of anilines is 1. The van der Waals surface area contributed by atoms with E-state index in [0.29, 0.717) is 29.6 Å². The quantitative estimate of drug-likeness (QED) is 0.261. The average molecular weight is 527 g/mol. The van der Waals surface area contributed by atoms with Gasteiger partial charge in [0.05, 0.1) is 23.4 Å². The molecule has 2 aliphatic heterocycles. The summed E-state index contributed by atoms with van der Waals surface area (Å²) in [6.45, 7) is 4.13. The van der Waals surface area contributed by atoms with Crippen LogP contribution in [-0.4, -0.2) is 39.4 Å². The summed E-state index contributed by atoms with van der Waals surface area (Å²) in [6.07, 6.45) is 4.38. The fourth-order valence-corrected chi connectivity index (χ4v) is 6.47. The largest absolute Gasteiger partial charge is 0.393 e. The molecule has 0 radical (unpaired) electrons. The lowest BCUT2D eigenvalue weighted by molar-refractivity contribution is 0.0931. The molecule has 3 aromatic carbocycles. The molecule has 6 rings (SSSR count). The van der Waals surface area contributed by atoms with Gasteiger partial charge in [-0.05, 0) is 74.4 Å². The van der Waals surface area contributed by atoms with E-state index in [0.717, 1.165) is 47.8 Å². The highest BCUT2D eigenvalue weighted by Crippen LogP contribution is 2.40. The van der Waals surface area contributed by atoms with Crippen molar-refractivity contribution >= 4 is 22.5 Å². The summed E-state index contributed by atoms with van der Waals surface area (Å²) in [5.74, 6) is -0.268. The van der Waals surface area contributed by atoms with Crippen LogP contribution in [0, 0.1) is 11.7 Å². The van der Waals surface area contributed by atoms with Crippen LogP contribution in [0.1, 0.15) is 67.9 Å². The van der Waals surface area contributed by atoms with E-state index in [1.54, 1.807) is 24.3 Å². The van der Waals surface area contributed by atoms with Gasteiger partial charge in [0.15, 0.2) is 0 Å².